The van der Waals surface area contributed by atoms with Crippen molar-refractivity contribution in [2.24, 2.45) is 0 Å². The molecule has 3 rings (SSSR count). The number of hydrogen-bond acceptors (Lipinski definition) is 5. The summed E-state index contributed by atoms with van der Waals surface area (Å²) < 4.78 is 5.62. The van der Waals surface area contributed by atoms with Crippen molar-refractivity contribution in [3.05, 3.63) is 65.7 Å². The number of nitrogens with two attached hydrogens (primary N) is 1. The number of aliphatic hydroxyl groups excluding tert-OH is 1. The predicted octanol–water partition coefficient (Wildman–Crippen LogP) is 3.55. The third-order valence-electron chi connectivity index (χ3n) is 4.03. The van der Waals surface area contributed by atoms with Crippen LogP contribution in [0.4, 0.5) is 5.82 Å². The minimum atomic E-state index is -0.0907. The zero-order chi connectivity index (χ0) is 18.5. The second kappa shape index (κ2) is 7.68. The van der Waals surface area contributed by atoms with Crippen LogP contribution in [0.2, 0.25) is 0 Å². The number of nitrogen functional groups attached to an aromatic ring is 1. The van der Waals surface area contributed by atoms with Gasteiger partial charge in [-0.3, -0.25) is 0 Å². The molecule has 5 nitrogen and oxygen atoms in total. The Hall–Kier alpha value is -3.36. The highest BCUT2D eigenvalue weighted by Gasteiger charge is 2.16. The first kappa shape index (κ1) is 17.5. The number of nitrogens with zero attached hydrogens (tertiary/aromatic N) is 2. The van der Waals surface area contributed by atoms with Gasteiger partial charge in [0.15, 0.2) is 0 Å². The number of aryl methyl sites for hydroxylation is 1. The fraction of sp³-hybridized carbons (Fsp3) is 0.143. The molecule has 0 aliphatic carbocycles. The number of hydrogen-bond donors (Lipinski definition) is 2. The highest BCUT2D eigenvalue weighted by atomic mass is 16.5. The summed E-state index contributed by atoms with van der Waals surface area (Å²) in [5, 5.41) is 18.6. The first-order valence-corrected chi connectivity index (χ1v) is 8.24. The van der Waals surface area contributed by atoms with Crippen LogP contribution in [0.25, 0.3) is 22.4 Å². The molecule has 5 heteroatoms. The van der Waals surface area contributed by atoms with Gasteiger partial charge in [-0.2, -0.15) is 5.26 Å². The largest absolute Gasteiger partial charge is 0.491 e. The van der Waals surface area contributed by atoms with Crippen LogP contribution >= 0.6 is 0 Å². The van der Waals surface area contributed by atoms with E-state index in [1.54, 1.807) is 6.07 Å². The number of rotatable bonds is 5. The van der Waals surface area contributed by atoms with Crippen LogP contribution in [0.3, 0.4) is 0 Å². The van der Waals surface area contributed by atoms with Gasteiger partial charge in [0.25, 0.3) is 0 Å². The minimum absolute atomic E-state index is 0.0907. The number of nitriles is 1. The summed E-state index contributed by atoms with van der Waals surface area (Å²) in [6.07, 6.45) is 0. The first-order valence-electron chi connectivity index (χ1n) is 8.24. The predicted molar refractivity (Wildman–Crippen MR) is 102 cm³/mol. The molecule has 0 atom stereocenters. The molecule has 0 fully saturated rings. The molecule has 0 saturated heterocycles. The quantitative estimate of drug-likeness (QED) is 0.738. The Morgan fingerprint density at radius 3 is 2.54 bits per heavy atom. The summed E-state index contributed by atoms with van der Waals surface area (Å²) in [6, 6.07) is 19.3. The van der Waals surface area contributed by atoms with Gasteiger partial charge in [-0.15, -0.1) is 0 Å². The fourth-order valence-electron chi connectivity index (χ4n) is 2.74. The van der Waals surface area contributed by atoms with Crippen molar-refractivity contribution in [2.45, 2.75) is 6.92 Å². The summed E-state index contributed by atoms with van der Waals surface area (Å²) >= 11 is 0. The number of benzene rings is 2. The van der Waals surface area contributed by atoms with Crippen molar-refractivity contribution in [1.29, 1.82) is 5.26 Å². The van der Waals surface area contributed by atoms with Crippen molar-refractivity contribution in [1.82, 2.24) is 4.98 Å². The number of para-hydroxylation sites is 1. The molecule has 3 N–H and O–H groups in total. The van der Waals surface area contributed by atoms with Gasteiger partial charge in [-0.05, 0) is 19.1 Å². The van der Waals surface area contributed by atoms with Gasteiger partial charge in [-0.1, -0.05) is 48.0 Å². The maximum absolute atomic E-state index is 9.57. The minimum Gasteiger partial charge on any atom is -0.491 e. The van der Waals surface area contributed by atoms with Crippen molar-refractivity contribution < 1.29 is 9.84 Å². The first-order chi connectivity index (χ1) is 12.6. The van der Waals surface area contributed by atoms with Crippen LogP contribution < -0.4 is 10.5 Å². The van der Waals surface area contributed by atoms with Gasteiger partial charge in [-0.25, -0.2) is 4.98 Å². The molecular weight excluding hydrogens is 326 g/mol. The summed E-state index contributed by atoms with van der Waals surface area (Å²) in [5.74, 6) is 0.760. The molecule has 0 amide bonds. The van der Waals surface area contributed by atoms with Crippen LogP contribution in [0.15, 0.2) is 54.6 Å². The van der Waals surface area contributed by atoms with E-state index in [4.69, 9.17) is 15.6 Å². The van der Waals surface area contributed by atoms with Gasteiger partial charge in [0.2, 0.25) is 0 Å². The summed E-state index contributed by atoms with van der Waals surface area (Å²) in [7, 11) is 0. The van der Waals surface area contributed by atoms with Gasteiger partial charge in [0.05, 0.1) is 12.3 Å². The van der Waals surface area contributed by atoms with Crippen molar-refractivity contribution in [3.63, 3.8) is 0 Å². The second-order valence-electron chi connectivity index (χ2n) is 5.86. The molecule has 0 aliphatic heterocycles. The van der Waals surface area contributed by atoms with Gasteiger partial charge in [0.1, 0.15) is 29.8 Å². The average Bonchev–Trinajstić information content (AvgIpc) is 2.66. The lowest BCUT2D eigenvalue weighted by atomic mass is 9.97. The lowest BCUT2D eigenvalue weighted by Crippen LogP contribution is -2.04. The highest BCUT2D eigenvalue weighted by molar-refractivity contribution is 5.83. The molecule has 3 aromatic rings. The Balaban J connectivity index is 2.18. The topological polar surface area (TPSA) is 92.2 Å². The fourth-order valence-corrected chi connectivity index (χ4v) is 2.74. The molecule has 1 aromatic heterocycles. The normalized spacial score (nSPS) is 10.3. The third kappa shape index (κ3) is 3.51. The van der Waals surface area contributed by atoms with Crippen LogP contribution in [-0.4, -0.2) is 23.3 Å². The maximum Gasteiger partial charge on any atom is 0.142 e. The Kier molecular flexibility index (Phi) is 5.16. The molecule has 130 valence electrons. The Labute approximate surface area is 152 Å². The molecule has 0 bridgehead atoms. The van der Waals surface area contributed by atoms with E-state index in [0.717, 1.165) is 16.7 Å². The lowest BCUT2D eigenvalue weighted by molar-refractivity contribution is 0.202. The number of aliphatic hydroxyl groups is 1. The van der Waals surface area contributed by atoms with E-state index < -0.39 is 0 Å². The maximum atomic E-state index is 9.57. The number of aromatic nitrogens is 1. The number of pyridine rings is 1. The molecule has 26 heavy (non-hydrogen) atoms. The standard InChI is InChI=1S/C21H19N3O2/c1-14-6-8-15(9-7-14)19-12-17(18(13-22)21(23)24-19)16-4-2-3-5-20(16)26-11-10-25/h2-9,12,25H,10-11H2,1H3,(H2,23,24). The van der Waals surface area contributed by atoms with Gasteiger partial charge in [0, 0.05) is 16.7 Å². The number of ether oxygens (including phenoxy) is 1. The molecule has 0 radical (unpaired) electrons. The smallest absolute Gasteiger partial charge is 0.142 e. The van der Waals surface area contributed by atoms with Crippen LogP contribution in [0.5, 0.6) is 5.75 Å². The average molecular weight is 345 g/mol. The van der Waals surface area contributed by atoms with E-state index in [-0.39, 0.29) is 19.0 Å². The van der Waals surface area contributed by atoms with Crippen molar-refractivity contribution in [3.8, 4) is 34.2 Å². The Morgan fingerprint density at radius 2 is 1.85 bits per heavy atom. The molecule has 0 unspecified atom stereocenters. The lowest BCUT2D eigenvalue weighted by Gasteiger charge is -2.14. The molecule has 0 aliphatic rings. The summed E-state index contributed by atoms with van der Waals surface area (Å²) in [6.45, 7) is 2.10. The second-order valence-corrected chi connectivity index (χ2v) is 5.86. The van der Waals surface area contributed by atoms with E-state index in [9.17, 15) is 5.26 Å². The molecule has 0 spiro atoms. The van der Waals surface area contributed by atoms with E-state index >= 15 is 0 Å². The third-order valence-corrected chi connectivity index (χ3v) is 4.03. The molecule has 1 heterocycles. The Bertz CT molecular complexity index is 960. The van der Waals surface area contributed by atoms with E-state index in [1.807, 2.05) is 55.5 Å². The summed E-state index contributed by atoms with van der Waals surface area (Å²) in [5.41, 5.74) is 10.5. The van der Waals surface area contributed by atoms with Crippen LogP contribution in [-0.2, 0) is 0 Å². The van der Waals surface area contributed by atoms with Crippen molar-refractivity contribution >= 4 is 5.82 Å². The monoisotopic (exact) mass is 345 g/mol. The van der Waals surface area contributed by atoms with E-state index in [1.165, 1.54) is 0 Å². The Morgan fingerprint density at radius 1 is 1.12 bits per heavy atom. The van der Waals surface area contributed by atoms with E-state index in [0.29, 0.717) is 22.6 Å². The van der Waals surface area contributed by atoms with Crippen LogP contribution in [0, 0.1) is 18.3 Å². The van der Waals surface area contributed by atoms with Gasteiger partial charge >= 0.3 is 0 Å². The van der Waals surface area contributed by atoms with Crippen LogP contribution in [0.1, 0.15) is 11.1 Å². The number of anilines is 1. The zero-order valence-corrected chi connectivity index (χ0v) is 14.4. The zero-order valence-electron chi connectivity index (χ0n) is 14.4. The molecular formula is C21H19N3O2. The summed E-state index contributed by atoms with van der Waals surface area (Å²) in [4.78, 5) is 4.40. The van der Waals surface area contributed by atoms with Crippen molar-refractivity contribution in [2.75, 3.05) is 18.9 Å². The molecule has 0 saturated carbocycles. The SMILES string of the molecule is Cc1ccc(-c2cc(-c3ccccc3OCCO)c(C#N)c(N)n2)cc1. The van der Waals surface area contributed by atoms with E-state index in [2.05, 4.69) is 11.1 Å². The molecule has 2 aromatic carbocycles. The highest BCUT2D eigenvalue weighted by Crippen LogP contribution is 2.36. The van der Waals surface area contributed by atoms with Gasteiger partial charge < -0.3 is 15.6 Å².